The summed E-state index contributed by atoms with van der Waals surface area (Å²) in [6.07, 6.45) is 2.46. The van der Waals surface area contributed by atoms with Gasteiger partial charge >= 0.3 is 0 Å². The molecule has 0 aliphatic rings. The Hall–Kier alpha value is -2.50. The van der Waals surface area contributed by atoms with Gasteiger partial charge in [-0.3, -0.25) is 4.79 Å². The number of nitrogens with zero attached hydrogens (tertiary/aromatic N) is 1. The molecule has 0 aliphatic heterocycles. The molecule has 0 radical (unpaired) electrons. The van der Waals surface area contributed by atoms with Crippen LogP contribution in [0.1, 0.15) is 20.8 Å². The van der Waals surface area contributed by atoms with E-state index in [0.29, 0.717) is 28.9 Å². The van der Waals surface area contributed by atoms with Gasteiger partial charge in [0.15, 0.2) is 0 Å². The second-order valence-electron chi connectivity index (χ2n) is 6.23. The van der Waals surface area contributed by atoms with Gasteiger partial charge < -0.3 is 9.64 Å². The Labute approximate surface area is 162 Å². The maximum absolute atomic E-state index is 14.4. The Bertz CT molecular complexity index is 936. The molecule has 0 N–H and O–H groups in total. The summed E-state index contributed by atoms with van der Waals surface area (Å²) in [7, 11) is 1.55. The molecule has 3 aromatic rings. The van der Waals surface area contributed by atoms with E-state index >= 15 is 0 Å². The Morgan fingerprint density at radius 1 is 1.22 bits per heavy atom. The van der Waals surface area contributed by atoms with Crippen molar-refractivity contribution < 1.29 is 13.9 Å². The van der Waals surface area contributed by atoms with Crippen molar-refractivity contribution in [2.45, 2.75) is 13.0 Å². The van der Waals surface area contributed by atoms with Crippen LogP contribution in [-0.4, -0.2) is 31.0 Å². The second-order valence-corrected chi connectivity index (χ2v) is 7.28. The lowest BCUT2D eigenvalue weighted by Crippen LogP contribution is -2.33. The Kier molecular flexibility index (Phi) is 6.37. The summed E-state index contributed by atoms with van der Waals surface area (Å²) in [6, 6.07) is 14.9. The van der Waals surface area contributed by atoms with E-state index in [1.165, 1.54) is 23.0 Å². The van der Waals surface area contributed by atoms with Crippen molar-refractivity contribution in [1.82, 2.24) is 4.90 Å². The molecule has 0 atom stereocenters. The normalized spacial score (nSPS) is 10.9. The lowest BCUT2D eigenvalue weighted by Gasteiger charge is -2.21. The first-order valence-electron chi connectivity index (χ1n) is 8.78. The average Bonchev–Trinajstić information content (AvgIpc) is 3.05. The molecule has 140 valence electrons. The Morgan fingerprint density at radius 2 is 2.00 bits per heavy atom. The standard InChI is InChI=1S/C22H22FNO2S/c1-3-13-24(14-12-16-8-5-4-6-9-16)22(25)21-17(15-26-2)20-18(23)10-7-11-19(20)27-21/h3-11H,1,12-15H2,2H3. The molecule has 2 aromatic carbocycles. The van der Waals surface area contributed by atoms with Crippen molar-refractivity contribution in [2.24, 2.45) is 0 Å². The minimum atomic E-state index is -0.325. The zero-order valence-electron chi connectivity index (χ0n) is 15.3. The van der Waals surface area contributed by atoms with Gasteiger partial charge in [0.2, 0.25) is 0 Å². The van der Waals surface area contributed by atoms with Gasteiger partial charge in [0, 0.05) is 35.8 Å². The minimum absolute atomic E-state index is 0.113. The molecule has 1 amide bonds. The molecule has 5 heteroatoms. The summed E-state index contributed by atoms with van der Waals surface area (Å²) in [6.45, 7) is 4.98. The predicted molar refractivity (Wildman–Crippen MR) is 109 cm³/mol. The molecular weight excluding hydrogens is 361 g/mol. The van der Waals surface area contributed by atoms with Gasteiger partial charge in [0.25, 0.3) is 5.91 Å². The van der Waals surface area contributed by atoms with E-state index in [4.69, 9.17) is 4.74 Å². The maximum Gasteiger partial charge on any atom is 0.264 e. The number of amides is 1. The molecular formula is C22H22FNO2S. The van der Waals surface area contributed by atoms with Gasteiger partial charge in [-0.25, -0.2) is 4.39 Å². The van der Waals surface area contributed by atoms with Crippen LogP contribution in [0.3, 0.4) is 0 Å². The molecule has 0 fully saturated rings. The average molecular weight is 383 g/mol. The van der Waals surface area contributed by atoms with Crippen LogP contribution in [0.15, 0.2) is 61.2 Å². The predicted octanol–water partition coefficient (Wildman–Crippen LogP) is 5.06. The number of hydrogen-bond acceptors (Lipinski definition) is 3. The zero-order valence-corrected chi connectivity index (χ0v) is 16.1. The summed E-state index contributed by atoms with van der Waals surface area (Å²) >= 11 is 1.32. The van der Waals surface area contributed by atoms with E-state index in [1.807, 2.05) is 36.4 Å². The summed E-state index contributed by atoms with van der Waals surface area (Å²) in [5.41, 5.74) is 1.79. The summed E-state index contributed by atoms with van der Waals surface area (Å²) in [4.78, 5) is 15.5. The molecule has 27 heavy (non-hydrogen) atoms. The number of benzene rings is 2. The number of carbonyl (C=O) groups excluding carboxylic acids is 1. The van der Waals surface area contributed by atoms with Crippen molar-refractivity contribution in [2.75, 3.05) is 20.2 Å². The van der Waals surface area contributed by atoms with Crippen LogP contribution in [0, 0.1) is 5.82 Å². The van der Waals surface area contributed by atoms with Gasteiger partial charge in [-0.05, 0) is 24.1 Å². The second kappa shape index (κ2) is 8.93. The van der Waals surface area contributed by atoms with Crippen LogP contribution in [0.2, 0.25) is 0 Å². The van der Waals surface area contributed by atoms with Crippen LogP contribution in [0.25, 0.3) is 10.1 Å². The molecule has 0 bridgehead atoms. The monoisotopic (exact) mass is 383 g/mol. The third-order valence-electron chi connectivity index (χ3n) is 4.40. The number of halogens is 1. The van der Waals surface area contributed by atoms with Crippen molar-refractivity contribution >= 4 is 27.3 Å². The van der Waals surface area contributed by atoms with Crippen molar-refractivity contribution in [3.05, 3.63) is 83.0 Å². The third-order valence-corrected chi connectivity index (χ3v) is 5.58. The van der Waals surface area contributed by atoms with Crippen LogP contribution < -0.4 is 0 Å². The molecule has 0 spiro atoms. The van der Waals surface area contributed by atoms with E-state index in [-0.39, 0.29) is 18.3 Å². The maximum atomic E-state index is 14.4. The Balaban J connectivity index is 1.92. The molecule has 0 saturated heterocycles. The highest BCUT2D eigenvalue weighted by molar-refractivity contribution is 7.21. The molecule has 0 unspecified atom stereocenters. The topological polar surface area (TPSA) is 29.5 Å². The highest BCUT2D eigenvalue weighted by Gasteiger charge is 2.24. The van der Waals surface area contributed by atoms with E-state index in [0.717, 1.165) is 11.1 Å². The fraction of sp³-hybridized carbons (Fsp3) is 0.227. The highest BCUT2D eigenvalue weighted by Crippen LogP contribution is 2.34. The fourth-order valence-corrected chi connectivity index (χ4v) is 4.30. The minimum Gasteiger partial charge on any atom is -0.380 e. The number of ether oxygens (including phenoxy) is 1. The molecule has 0 aliphatic carbocycles. The Morgan fingerprint density at radius 3 is 2.70 bits per heavy atom. The highest BCUT2D eigenvalue weighted by atomic mass is 32.1. The van der Waals surface area contributed by atoms with Crippen LogP contribution in [0.5, 0.6) is 0 Å². The molecule has 1 aromatic heterocycles. The van der Waals surface area contributed by atoms with E-state index in [9.17, 15) is 9.18 Å². The summed E-state index contributed by atoms with van der Waals surface area (Å²) in [5.74, 6) is -0.437. The number of fused-ring (bicyclic) bond motifs is 1. The van der Waals surface area contributed by atoms with Crippen LogP contribution in [-0.2, 0) is 17.8 Å². The smallest absolute Gasteiger partial charge is 0.264 e. The summed E-state index contributed by atoms with van der Waals surface area (Å²) in [5, 5.41) is 0.481. The number of thiophene rings is 1. The molecule has 1 heterocycles. The van der Waals surface area contributed by atoms with Crippen molar-refractivity contribution in [3.8, 4) is 0 Å². The third kappa shape index (κ3) is 4.26. The molecule has 3 nitrogen and oxygen atoms in total. The van der Waals surface area contributed by atoms with Gasteiger partial charge in [-0.1, -0.05) is 42.5 Å². The number of hydrogen-bond donors (Lipinski definition) is 0. The van der Waals surface area contributed by atoms with Gasteiger partial charge in [-0.2, -0.15) is 0 Å². The number of rotatable bonds is 8. The van der Waals surface area contributed by atoms with Crippen LogP contribution in [0.4, 0.5) is 4.39 Å². The fourth-order valence-electron chi connectivity index (χ4n) is 3.11. The van der Waals surface area contributed by atoms with Crippen molar-refractivity contribution in [1.29, 1.82) is 0 Å². The van der Waals surface area contributed by atoms with Gasteiger partial charge in [0.05, 0.1) is 11.5 Å². The van der Waals surface area contributed by atoms with Gasteiger partial charge in [-0.15, -0.1) is 17.9 Å². The first kappa shape index (κ1) is 19.3. The lowest BCUT2D eigenvalue weighted by molar-refractivity contribution is 0.0776. The first-order chi connectivity index (χ1) is 13.2. The molecule has 0 saturated carbocycles. The van der Waals surface area contributed by atoms with E-state index in [2.05, 4.69) is 6.58 Å². The molecule has 3 rings (SSSR count). The summed E-state index contributed by atoms with van der Waals surface area (Å²) < 4.78 is 20.4. The quantitative estimate of drug-likeness (QED) is 0.509. The zero-order chi connectivity index (χ0) is 19.2. The van der Waals surface area contributed by atoms with Gasteiger partial charge in [0.1, 0.15) is 5.82 Å². The SMILES string of the molecule is C=CCN(CCc1ccccc1)C(=O)c1sc2cccc(F)c2c1COC. The van der Waals surface area contributed by atoms with E-state index < -0.39 is 0 Å². The van der Waals surface area contributed by atoms with Crippen molar-refractivity contribution in [3.63, 3.8) is 0 Å². The van der Waals surface area contributed by atoms with E-state index in [1.54, 1.807) is 24.2 Å². The van der Waals surface area contributed by atoms with Crippen LogP contribution >= 0.6 is 11.3 Å². The number of carbonyl (C=O) groups is 1. The lowest BCUT2D eigenvalue weighted by atomic mass is 10.1. The largest absolute Gasteiger partial charge is 0.380 e. The number of methoxy groups -OCH3 is 1. The first-order valence-corrected chi connectivity index (χ1v) is 9.60.